The second-order valence-corrected chi connectivity index (χ2v) is 7.09. The molecule has 2 unspecified atom stereocenters. The Bertz CT molecular complexity index is 651. The SMILES string of the molecule is O=C(Nc1ccccc1N1CCOCC1)C1CC1C(=O)N1CCCC1. The summed E-state index contributed by atoms with van der Waals surface area (Å²) in [6.45, 7) is 4.76. The van der Waals surface area contributed by atoms with Crippen molar-refractivity contribution in [2.75, 3.05) is 49.6 Å². The fourth-order valence-electron chi connectivity index (χ4n) is 3.81. The van der Waals surface area contributed by atoms with Crippen LogP contribution in [0.4, 0.5) is 11.4 Å². The highest BCUT2D eigenvalue weighted by atomic mass is 16.5. The zero-order chi connectivity index (χ0) is 17.2. The van der Waals surface area contributed by atoms with Gasteiger partial charge in [-0.1, -0.05) is 12.1 Å². The van der Waals surface area contributed by atoms with Gasteiger partial charge in [-0.15, -0.1) is 0 Å². The van der Waals surface area contributed by atoms with Crippen molar-refractivity contribution >= 4 is 23.2 Å². The van der Waals surface area contributed by atoms with Crippen molar-refractivity contribution in [1.82, 2.24) is 4.90 Å². The van der Waals surface area contributed by atoms with Crippen molar-refractivity contribution in [2.24, 2.45) is 11.8 Å². The average molecular weight is 343 g/mol. The van der Waals surface area contributed by atoms with Crippen LogP contribution < -0.4 is 10.2 Å². The maximum absolute atomic E-state index is 12.6. The van der Waals surface area contributed by atoms with Crippen molar-refractivity contribution in [1.29, 1.82) is 0 Å². The Hall–Kier alpha value is -2.08. The number of ether oxygens (including phenoxy) is 1. The van der Waals surface area contributed by atoms with Crippen LogP contribution in [0.3, 0.4) is 0 Å². The van der Waals surface area contributed by atoms with Gasteiger partial charge in [-0.2, -0.15) is 0 Å². The van der Waals surface area contributed by atoms with Crippen LogP contribution in [0.25, 0.3) is 0 Å². The molecule has 25 heavy (non-hydrogen) atoms. The minimum Gasteiger partial charge on any atom is -0.378 e. The number of morpholine rings is 1. The molecular formula is C19H25N3O3. The van der Waals surface area contributed by atoms with Crippen molar-refractivity contribution in [3.05, 3.63) is 24.3 Å². The molecule has 4 rings (SSSR count). The van der Waals surface area contributed by atoms with Gasteiger partial charge in [0.25, 0.3) is 0 Å². The number of anilines is 2. The number of hydrogen-bond acceptors (Lipinski definition) is 4. The molecule has 2 heterocycles. The van der Waals surface area contributed by atoms with E-state index in [1.165, 1.54) is 0 Å². The van der Waals surface area contributed by atoms with Crippen LogP contribution >= 0.6 is 0 Å². The lowest BCUT2D eigenvalue weighted by Crippen LogP contribution is -2.36. The maximum Gasteiger partial charge on any atom is 0.228 e. The van der Waals surface area contributed by atoms with E-state index < -0.39 is 0 Å². The van der Waals surface area contributed by atoms with Crippen LogP contribution in [0.2, 0.25) is 0 Å². The highest BCUT2D eigenvalue weighted by Crippen LogP contribution is 2.42. The molecule has 6 heteroatoms. The molecule has 2 atom stereocenters. The third kappa shape index (κ3) is 3.49. The summed E-state index contributed by atoms with van der Waals surface area (Å²) in [5.74, 6) is -0.156. The van der Waals surface area contributed by atoms with E-state index in [0.717, 1.165) is 50.4 Å². The second kappa shape index (κ2) is 7.04. The van der Waals surface area contributed by atoms with E-state index in [1.807, 2.05) is 29.2 Å². The van der Waals surface area contributed by atoms with Crippen LogP contribution in [-0.4, -0.2) is 56.1 Å². The molecule has 1 aromatic rings. The first kappa shape index (κ1) is 16.4. The molecule has 3 aliphatic rings. The predicted octanol–water partition coefficient (Wildman–Crippen LogP) is 1.72. The first-order valence-electron chi connectivity index (χ1n) is 9.25. The predicted molar refractivity (Wildman–Crippen MR) is 95.5 cm³/mol. The molecule has 134 valence electrons. The van der Waals surface area contributed by atoms with Crippen LogP contribution in [0.5, 0.6) is 0 Å². The minimum atomic E-state index is -0.175. The van der Waals surface area contributed by atoms with Crippen molar-refractivity contribution < 1.29 is 14.3 Å². The van der Waals surface area contributed by atoms with Crippen molar-refractivity contribution in [3.8, 4) is 0 Å². The van der Waals surface area contributed by atoms with E-state index in [1.54, 1.807) is 0 Å². The Balaban J connectivity index is 1.39. The Labute approximate surface area is 148 Å². The lowest BCUT2D eigenvalue weighted by Gasteiger charge is -2.30. The lowest BCUT2D eigenvalue weighted by atomic mass is 10.2. The van der Waals surface area contributed by atoms with Crippen molar-refractivity contribution in [2.45, 2.75) is 19.3 Å². The van der Waals surface area contributed by atoms with E-state index in [0.29, 0.717) is 19.6 Å². The highest BCUT2D eigenvalue weighted by molar-refractivity contribution is 6.01. The van der Waals surface area contributed by atoms with E-state index in [9.17, 15) is 9.59 Å². The van der Waals surface area contributed by atoms with Crippen LogP contribution in [-0.2, 0) is 14.3 Å². The summed E-state index contributed by atoms with van der Waals surface area (Å²) < 4.78 is 5.41. The molecule has 0 bridgehead atoms. The summed E-state index contributed by atoms with van der Waals surface area (Å²) in [6.07, 6.45) is 2.85. The van der Waals surface area contributed by atoms with Gasteiger partial charge in [0, 0.05) is 26.2 Å². The van der Waals surface area contributed by atoms with Crippen LogP contribution in [0, 0.1) is 11.8 Å². The molecule has 0 spiro atoms. The molecular weight excluding hydrogens is 318 g/mol. The van der Waals surface area contributed by atoms with Gasteiger partial charge in [0.1, 0.15) is 0 Å². The van der Waals surface area contributed by atoms with Crippen molar-refractivity contribution in [3.63, 3.8) is 0 Å². The quantitative estimate of drug-likeness (QED) is 0.904. The fourth-order valence-corrected chi connectivity index (χ4v) is 3.81. The molecule has 0 aromatic heterocycles. The number of rotatable bonds is 4. The number of para-hydroxylation sites is 2. The van der Waals surface area contributed by atoms with Gasteiger partial charge in [0.2, 0.25) is 11.8 Å². The first-order chi connectivity index (χ1) is 12.2. The number of hydrogen-bond donors (Lipinski definition) is 1. The van der Waals surface area contributed by atoms with E-state index >= 15 is 0 Å². The van der Waals surface area contributed by atoms with E-state index in [2.05, 4.69) is 10.2 Å². The zero-order valence-corrected chi connectivity index (χ0v) is 14.4. The molecule has 3 fully saturated rings. The standard InChI is InChI=1S/C19H25N3O3/c23-18(14-13-15(14)19(24)22-7-3-4-8-22)20-16-5-1-2-6-17(16)21-9-11-25-12-10-21/h1-2,5-6,14-15H,3-4,7-13H2,(H,20,23). The van der Waals surface area contributed by atoms with Gasteiger partial charge in [0.15, 0.2) is 0 Å². The van der Waals surface area contributed by atoms with Gasteiger partial charge < -0.3 is 19.9 Å². The molecule has 6 nitrogen and oxygen atoms in total. The van der Waals surface area contributed by atoms with Gasteiger partial charge in [0.05, 0.1) is 36.4 Å². The van der Waals surface area contributed by atoms with Gasteiger partial charge >= 0.3 is 0 Å². The number of nitrogens with one attached hydrogen (secondary N) is 1. The number of carbonyl (C=O) groups excluding carboxylic acids is 2. The minimum absolute atomic E-state index is 0.0294. The van der Waals surface area contributed by atoms with E-state index in [-0.39, 0.29) is 23.7 Å². The zero-order valence-electron chi connectivity index (χ0n) is 14.4. The summed E-state index contributed by atoms with van der Waals surface area (Å²) in [7, 11) is 0. The fraction of sp³-hybridized carbons (Fsp3) is 0.579. The third-order valence-corrected chi connectivity index (χ3v) is 5.38. The Morgan fingerprint density at radius 2 is 1.72 bits per heavy atom. The Morgan fingerprint density at radius 1 is 1.00 bits per heavy atom. The Morgan fingerprint density at radius 3 is 2.48 bits per heavy atom. The summed E-state index contributed by atoms with van der Waals surface area (Å²) >= 11 is 0. The number of benzene rings is 1. The number of amides is 2. The van der Waals surface area contributed by atoms with Crippen LogP contribution in [0.15, 0.2) is 24.3 Å². The largest absolute Gasteiger partial charge is 0.378 e. The third-order valence-electron chi connectivity index (χ3n) is 5.38. The number of nitrogens with zero attached hydrogens (tertiary/aromatic N) is 2. The molecule has 1 N–H and O–H groups in total. The molecule has 1 saturated carbocycles. The number of carbonyl (C=O) groups is 2. The lowest BCUT2D eigenvalue weighted by molar-refractivity contribution is -0.133. The van der Waals surface area contributed by atoms with Gasteiger partial charge in [-0.05, 0) is 31.4 Å². The second-order valence-electron chi connectivity index (χ2n) is 7.09. The summed E-state index contributed by atoms with van der Waals surface area (Å²) in [5, 5.41) is 3.05. The highest BCUT2D eigenvalue weighted by Gasteiger charge is 2.49. The topological polar surface area (TPSA) is 61.9 Å². The van der Waals surface area contributed by atoms with Crippen LogP contribution in [0.1, 0.15) is 19.3 Å². The molecule has 1 aliphatic carbocycles. The smallest absolute Gasteiger partial charge is 0.228 e. The van der Waals surface area contributed by atoms with Gasteiger partial charge in [-0.3, -0.25) is 9.59 Å². The number of likely N-dealkylation sites (tertiary alicyclic amines) is 1. The summed E-state index contributed by atoms with van der Waals surface area (Å²) in [4.78, 5) is 29.2. The van der Waals surface area contributed by atoms with Gasteiger partial charge in [-0.25, -0.2) is 0 Å². The normalized spacial score (nSPS) is 25.8. The average Bonchev–Trinajstić information content (AvgIpc) is 3.27. The monoisotopic (exact) mass is 343 g/mol. The molecule has 0 radical (unpaired) electrons. The van der Waals surface area contributed by atoms with E-state index in [4.69, 9.17) is 4.74 Å². The molecule has 2 aliphatic heterocycles. The first-order valence-corrected chi connectivity index (χ1v) is 9.25. The molecule has 2 saturated heterocycles. The molecule has 2 amide bonds. The maximum atomic E-state index is 12.6. The summed E-state index contributed by atoms with van der Waals surface area (Å²) in [5.41, 5.74) is 1.86. The summed E-state index contributed by atoms with van der Waals surface area (Å²) in [6, 6.07) is 7.87. The molecule has 1 aromatic carbocycles. The Kier molecular flexibility index (Phi) is 4.61.